The summed E-state index contributed by atoms with van der Waals surface area (Å²) >= 11 is 0. The zero-order valence-corrected chi connectivity index (χ0v) is 6.56. The summed E-state index contributed by atoms with van der Waals surface area (Å²) in [6.07, 6.45) is 0.566. The Morgan fingerprint density at radius 2 is 2.20 bits per heavy atom. The number of nitrogens with one attached hydrogen (secondary N) is 1. The summed E-state index contributed by atoms with van der Waals surface area (Å²) in [5.74, 6) is 0. The van der Waals surface area contributed by atoms with Crippen molar-refractivity contribution in [3.63, 3.8) is 0 Å². The molecule has 6 heteroatoms. The lowest BCUT2D eigenvalue weighted by molar-refractivity contribution is 0.448. The molecule has 1 atom stereocenters. The Balaban J connectivity index is 3.87. The molecule has 0 amide bonds. The van der Waals surface area contributed by atoms with Crippen molar-refractivity contribution in [2.45, 2.75) is 19.4 Å². The van der Waals surface area contributed by atoms with Gasteiger partial charge in [0.1, 0.15) is 0 Å². The van der Waals surface area contributed by atoms with Gasteiger partial charge in [-0.05, 0) is 6.42 Å². The molecule has 4 N–H and O–H groups in total. The summed E-state index contributed by atoms with van der Waals surface area (Å²) in [6.45, 7) is 1.96. The van der Waals surface area contributed by atoms with Crippen LogP contribution in [0.25, 0.3) is 0 Å². The van der Waals surface area contributed by atoms with E-state index in [1.54, 1.807) is 6.92 Å². The van der Waals surface area contributed by atoms with Gasteiger partial charge in [0.15, 0.2) is 0 Å². The van der Waals surface area contributed by atoms with Gasteiger partial charge in [-0.15, -0.1) is 0 Å². The fraction of sp³-hybridized carbons (Fsp3) is 1.00. The number of hydrogen-bond acceptors (Lipinski definition) is 3. The van der Waals surface area contributed by atoms with Crippen LogP contribution in [-0.4, -0.2) is 25.6 Å². The van der Waals surface area contributed by atoms with Crippen LogP contribution in [0.2, 0.25) is 0 Å². The van der Waals surface area contributed by atoms with Gasteiger partial charge in [0.2, 0.25) is 0 Å². The van der Waals surface area contributed by atoms with E-state index in [1.807, 2.05) is 4.72 Å². The standard InChI is InChI=1S/C4H12N2O3S/c1-2-4(3-5)6-10(7,8)9/h4,6H,2-3,5H2,1H3,(H,7,8,9). The minimum absolute atomic E-state index is 0.191. The smallest absolute Gasteiger partial charge is 0.329 e. The van der Waals surface area contributed by atoms with Gasteiger partial charge in [-0.25, -0.2) is 0 Å². The maximum atomic E-state index is 10.1. The highest BCUT2D eigenvalue weighted by molar-refractivity contribution is 7.83. The Morgan fingerprint density at radius 1 is 1.70 bits per heavy atom. The first-order chi connectivity index (χ1) is 4.49. The number of rotatable bonds is 4. The van der Waals surface area contributed by atoms with E-state index in [0.717, 1.165) is 0 Å². The van der Waals surface area contributed by atoms with E-state index < -0.39 is 10.3 Å². The lowest BCUT2D eigenvalue weighted by Gasteiger charge is -2.10. The minimum Gasteiger partial charge on any atom is -0.329 e. The molecule has 0 aromatic carbocycles. The van der Waals surface area contributed by atoms with Gasteiger partial charge < -0.3 is 5.73 Å². The third kappa shape index (κ3) is 4.68. The molecule has 10 heavy (non-hydrogen) atoms. The van der Waals surface area contributed by atoms with Crippen LogP contribution in [0, 0.1) is 0 Å². The monoisotopic (exact) mass is 168 g/mol. The first kappa shape index (κ1) is 9.83. The summed E-state index contributed by atoms with van der Waals surface area (Å²) in [4.78, 5) is 0. The van der Waals surface area contributed by atoms with Crippen LogP contribution >= 0.6 is 0 Å². The van der Waals surface area contributed by atoms with Crippen LogP contribution in [0.15, 0.2) is 0 Å². The van der Waals surface area contributed by atoms with Crippen molar-refractivity contribution >= 4 is 10.3 Å². The van der Waals surface area contributed by atoms with Crippen LogP contribution < -0.4 is 10.5 Å². The Bertz CT molecular complexity index is 173. The average Bonchev–Trinajstić information content (AvgIpc) is 1.81. The fourth-order valence-electron chi connectivity index (χ4n) is 0.509. The van der Waals surface area contributed by atoms with Gasteiger partial charge >= 0.3 is 10.3 Å². The van der Waals surface area contributed by atoms with Crippen LogP contribution in [0.1, 0.15) is 13.3 Å². The van der Waals surface area contributed by atoms with Crippen molar-refractivity contribution in [3.05, 3.63) is 0 Å². The highest BCUT2D eigenvalue weighted by atomic mass is 32.2. The Hall–Kier alpha value is -0.170. The normalized spacial score (nSPS) is 15.1. The van der Waals surface area contributed by atoms with Crippen molar-refractivity contribution in [3.8, 4) is 0 Å². The van der Waals surface area contributed by atoms with Gasteiger partial charge in [0, 0.05) is 12.6 Å². The summed E-state index contributed by atoms with van der Waals surface area (Å²) < 4.78 is 30.5. The fourth-order valence-corrected chi connectivity index (χ4v) is 1.19. The van der Waals surface area contributed by atoms with Crippen LogP contribution in [0.3, 0.4) is 0 Å². The van der Waals surface area contributed by atoms with Gasteiger partial charge in [0.05, 0.1) is 0 Å². The van der Waals surface area contributed by atoms with Gasteiger partial charge in [-0.3, -0.25) is 4.55 Å². The quantitative estimate of drug-likeness (QED) is 0.475. The summed E-state index contributed by atoms with van der Waals surface area (Å²) in [5.41, 5.74) is 5.15. The summed E-state index contributed by atoms with van der Waals surface area (Å²) in [6, 6.07) is -0.366. The second-order valence-electron chi connectivity index (χ2n) is 1.93. The van der Waals surface area contributed by atoms with E-state index in [-0.39, 0.29) is 12.6 Å². The molecule has 62 valence electrons. The van der Waals surface area contributed by atoms with E-state index in [1.165, 1.54) is 0 Å². The zero-order valence-electron chi connectivity index (χ0n) is 5.74. The number of hydrogen-bond donors (Lipinski definition) is 3. The molecule has 0 saturated heterocycles. The van der Waals surface area contributed by atoms with E-state index in [2.05, 4.69) is 0 Å². The molecule has 0 radical (unpaired) electrons. The SMILES string of the molecule is CCC(CN)NS(=O)(=O)O. The van der Waals surface area contributed by atoms with E-state index in [4.69, 9.17) is 10.3 Å². The largest absolute Gasteiger partial charge is 0.333 e. The molecule has 0 aliphatic rings. The first-order valence-electron chi connectivity index (χ1n) is 2.94. The van der Waals surface area contributed by atoms with Crippen LogP contribution in [0.4, 0.5) is 0 Å². The summed E-state index contributed by atoms with van der Waals surface area (Å²) in [5, 5.41) is 0. The van der Waals surface area contributed by atoms with Crippen LogP contribution in [-0.2, 0) is 10.3 Å². The van der Waals surface area contributed by atoms with Gasteiger partial charge in [0.25, 0.3) is 0 Å². The Kier molecular flexibility index (Phi) is 3.80. The topological polar surface area (TPSA) is 92.4 Å². The number of nitrogens with two attached hydrogens (primary N) is 1. The molecule has 1 unspecified atom stereocenters. The van der Waals surface area contributed by atoms with Crippen molar-refractivity contribution in [2.24, 2.45) is 5.73 Å². The molecule has 0 fully saturated rings. The highest BCUT2D eigenvalue weighted by Gasteiger charge is 2.10. The van der Waals surface area contributed by atoms with Crippen molar-refractivity contribution in [2.75, 3.05) is 6.54 Å². The first-order valence-corrected chi connectivity index (χ1v) is 4.38. The second kappa shape index (κ2) is 3.87. The van der Waals surface area contributed by atoms with Crippen molar-refractivity contribution < 1.29 is 13.0 Å². The predicted octanol–water partition coefficient (Wildman–Crippen LogP) is -0.884. The van der Waals surface area contributed by atoms with Gasteiger partial charge in [-0.1, -0.05) is 6.92 Å². The predicted molar refractivity (Wildman–Crippen MR) is 37.8 cm³/mol. The molecule has 0 saturated carbocycles. The van der Waals surface area contributed by atoms with Crippen LogP contribution in [0.5, 0.6) is 0 Å². The molecule has 0 bridgehead atoms. The third-order valence-electron chi connectivity index (χ3n) is 1.09. The Morgan fingerprint density at radius 3 is 2.30 bits per heavy atom. The lowest BCUT2D eigenvalue weighted by atomic mass is 10.2. The molecular weight excluding hydrogens is 156 g/mol. The van der Waals surface area contributed by atoms with Crippen molar-refractivity contribution in [1.82, 2.24) is 4.72 Å². The maximum Gasteiger partial charge on any atom is 0.333 e. The zero-order chi connectivity index (χ0) is 8.20. The molecule has 0 aromatic heterocycles. The molecular formula is C4H12N2O3S. The van der Waals surface area contributed by atoms with Gasteiger partial charge in [-0.2, -0.15) is 13.1 Å². The molecule has 5 nitrogen and oxygen atoms in total. The second-order valence-corrected chi connectivity index (χ2v) is 3.12. The van der Waals surface area contributed by atoms with E-state index >= 15 is 0 Å². The molecule has 0 rings (SSSR count). The molecule has 0 spiro atoms. The highest BCUT2D eigenvalue weighted by Crippen LogP contribution is 1.88. The molecule has 0 aliphatic heterocycles. The Labute approximate surface area is 60.5 Å². The maximum absolute atomic E-state index is 10.1. The average molecular weight is 168 g/mol. The van der Waals surface area contributed by atoms with E-state index in [9.17, 15) is 8.42 Å². The molecule has 0 aromatic rings. The van der Waals surface area contributed by atoms with E-state index in [0.29, 0.717) is 6.42 Å². The van der Waals surface area contributed by atoms with Crippen molar-refractivity contribution in [1.29, 1.82) is 0 Å². The lowest BCUT2D eigenvalue weighted by Crippen LogP contribution is -2.39. The minimum atomic E-state index is -4.08. The third-order valence-corrected chi connectivity index (χ3v) is 1.72. The molecule has 0 heterocycles. The molecule has 0 aliphatic carbocycles. The summed E-state index contributed by atoms with van der Waals surface area (Å²) in [7, 11) is -4.08.